The topological polar surface area (TPSA) is 89.9 Å². The minimum Gasteiger partial charge on any atom is -0.508 e. The van der Waals surface area contributed by atoms with Crippen molar-refractivity contribution >= 4 is 12.0 Å². The SMILES string of the molecule is CN(C(=O)N[C@H](Cc1ccc(O)cc1)C(=O)O)C1CC1. The molecule has 1 aliphatic rings. The first kappa shape index (κ1) is 14.2. The quantitative estimate of drug-likeness (QED) is 0.754. The van der Waals surface area contributed by atoms with E-state index in [0.29, 0.717) is 0 Å². The highest BCUT2D eigenvalue weighted by Gasteiger charge is 2.31. The molecule has 0 radical (unpaired) electrons. The van der Waals surface area contributed by atoms with Crippen LogP contribution in [0, 0.1) is 0 Å². The third-order valence-electron chi connectivity index (χ3n) is 3.39. The molecule has 108 valence electrons. The number of carboxylic acids is 1. The molecule has 6 heteroatoms. The lowest BCUT2D eigenvalue weighted by molar-refractivity contribution is -0.139. The molecule has 0 aromatic heterocycles. The zero-order chi connectivity index (χ0) is 14.7. The van der Waals surface area contributed by atoms with Gasteiger partial charge in [0.2, 0.25) is 0 Å². The summed E-state index contributed by atoms with van der Waals surface area (Å²) in [7, 11) is 1.67. The Labute approximate surface area is 117 Å². The molecule has 3 N–H and O–H groups in total. The Morgan fingerprint density at radius 1 is 1.35 bits per heavy atom. The normalized spacial score (nSPS) is 15.4. The van der Waals surface area contributed by atoms with Gasteiger partial charge in [0, 0.05) is 19.5 Å². The smallest absolute Gasteiger partial charge is 0.326 e. The number of phenolic OH excluding ortho intramolecular Hbond substituents is 1. The molecule has 0 bridgehead atoms. The maximum absolute atomic E-state index is 11.9. The third-order valence-corrected chi connectivity index (χ3v) is 3.39. The van der Waals surface area contributed by atoms with Gasteiger partial charge in [-0.3, -0.25) is 0 Å². The maximum Gasteiger partial charge on any atom is 0.326 e. The van der Waals surface area contributed by atoms with Crippen LogP contribution in [0.15, 0.2) is 24.3 Å². The van der Waals surface area contributed by atoms with E-state index in [4.69, 9.17) is 0 Å². The fraction of sp³-hybridized carbons (Fsp3) is 0.429. The summed E-state index contributed by atoms with van der Waals surface area (Å²) in [4.78, 5) is 24.7. The summed E-state index contributed by atoms with van der Waals surface area (Å²) in [5.41, 5.74) is 0.740. The van der Waals surface area contributed by atoms with E-state index in [1.54, 1.807) is 24.1 Å². The Morgan fingerprint density at radius 3 is 2.45 bits per heavy atom. The highest BCUT2D eigenvalue weighted by atomic mass is 16.4. The van der Waals surface area contributed by atoms with Crippen molar-refractivity contribution in [1.82, 2.24) is 10.2 Å². The number of nitrogens with zero attached hydrogens (tertiary/aromatic N) is 1. The van der Waals surface area contributed by atoms with E-state index in [1.165, 1.54) is 12.1 Å². The first-order chi connectivity index (χ1) is 9.47. The van der Waals surface area contributed by atoms with Crippen LogP contribution in [0.5, 0.6) is 5.75 Å². The summed E-state index contributed by atoms with van der Waals surface area (Å²) < 4.78 is 0. The molecule has 1 aliphatic carbocycles. The number of aromatic hydroxyl groups is 1. The summed E-state index contributed by atoms with van der Waals surface area (Å²) in [6.45, 7) is 0. The first-order valence-electron chi connectivity index (χ1n) is 6.51. The number of rotatable bonds is 5. The summed E-state index contributed by atoms with van der Waals surface area (Å²) in [6.07, 6.45) is 2.12. The lowest BCUT2D eigenvalue weighted by Crippen LogP contribution is -2.48. The van der Waals surface area contributed by atoms with E-state index in [1.807, 2.05) is 0 Å². The fourth-order valence-corrected chi connectivity index (χ4v) is 1.95. The molecular weight excluding hydrogens is 260 g/mol. The second kappa shape index (κ2) is 5.81. The Kier molecular flexibility index (Phi) is 4.12. The van der Waals surface area contributed by atoms with E-state index >= 15 is 0 Å². The molecule has 2 rings (SSSR count). The highest BCUT2D eigenvalue weighted by Crippen LogP contribution is 2.25. The maximum atomic E-state index is 11.9. The number of carbonyl (C=O) groups excluding carboxylic acids is 1. The summed E-state index contributed by atoms with van der Waals surface area (Å²) >= 11 is 0. The van der Waals surface area contributed by atoms with Crippen LogP contribution in [0.25, 0.3) is 0 Å². The Hall–Kier alpha value is -2.24. The van der Waals surface area contributed by atoms with Crippen LogP contribution in [0.1, 0.15) is 18.4 Å². The van der Waals surface area contributed by atoms with Gasteiger partial charge in [0.25, 0.3) is 0 Å². The van der Waals surface area contributed by atoms with Gasteiger partial charge < -0.3 is 20.4 Å². The van der Waals surface area contributed by atoms with Crippen LogP contribution in [-0.2, 0) is 11.2 Å². The number of urea groups is 1. The van der Waals surface area contributed by atoms with Crippen LogP contribution < -0.4 is 5.32 Å². The molecular formula is C14H18N2O4. The molecule has 0 saturated heterocycles. The molecule has 0 heterocycles. The van der Waals surface area contributed by atoms with Crippen LogP contribution in [0.3, 0.4) is 0 Å². The Bertz CT molecular complexity index is 496. The third kappa shape index (κ3) is 3.63. The van der Waals surface area contributed by atoms with E-state index in [9.17, 15) is 19.8 Å². The molecule has 6 nitrogen and oxygen atoms in total. The minimum absolute atomic E-state index is 0.123. The molecule has 0 unspecified atom stereocenters. The molecule has 1 aromatic carbocycles. The summed E-state index contributed by atoms with van der Waals surface area (Å²) in [5, 5.41) is 20.9. The molecule has 1 atom stereocenters. The van der Waals surface area contributed by atoms with E-state index in [-0.39, 0.29) is 24.2 Å². The minimum atomic E-state index is -1.07. The molecule has 0 spiro atoms. The van der Waals surface area contributed by atoms with Gasteiger partial charge >= 0.3 is 12.0 Å². The van der Waals surface area contributed by atoms with E-state index < -0.39 is 12.0 Å². The number of amides is 2. The van der Waals surface area contributed by atoms with Crippen molar-refractivity contribution in [3.05, 3.63) is 29.8 Å². The monoisotopic (exact) mass is 278 g/mol. The van der Waals surface area contributed by atoms with Crippen molar-refractivity contribution in [2.75, 3.05) is 7.05 Å². The zero-order valence-electron chi connectivity index (χ0n) is 11.2. The summed E-state index contributed by atoms with van der Waals surface area (Å²) in [5.74, 6) is -0.950. The van der Waals surface area contributed by atoms with Crippen molar-refractivity contribution in [3.8, 4) is 5.75 Å². The van der Waals surface area contributed by atoms with Gasteiger partial charge in [0.1, 0.15) is 11.8 Å². The van der Waals surface area contributed by atoms with Gasteiger partial charge in [-0.25, -0.2) is 9.59 Å². The van der Waals surface area contributed by atoms with Crippen LogP contribution in [0.2, 0.25) is 0 Å². The van der Waals surface area contributed by atoms with Gasteiger partial charge in [-0.05, 0) is 30.5 Å². The summed E-state index contributed by atoms with van der Waals surface area (Å²) in [6, 6.07) is 5.16. The number of phenols is 1. The number of carboxylic acid groups (broad SMARTS) is 1. The van der Waals surface area contributed by atoms with Gasteiger partial charge in [0.05, 0.1) is 0 Å². The van der Waals surface area contributed by atoms with Crippen molar-refractivity contribution in [2.24, 2.45) is 0 Å². The molecule has 0 aliphatic heterocycles. The van der Waals surface area contributed by atoms with Crippen LogP contribution in [0.4, 0.5) is 4.79 Å². The predicted molar refractivity (Wildman–Crippen MR) is 72.6 cm³/mol. The van der Waals surface area contributed by atoms with E-state index in [2.05, 4.69) is 5.32 Å². The number of benzene rings is 1. The second-order valence-corrected chi connectivity index (χ2v) is 5.05. The van der Waals surface area contributed by atoms with Gasteiger partial charge in [-0.2, -0.15) is 0 Å². The van der Waals surface area contributed by atoms with Crippen molar-refractivity contribution in [3.63, 3.8) is 0 Å². The molecule has 1 aromatic rings. The second-order valence-electron chi connectivity index (χ2n) is 5.05. The average Bonchev–Trinajstić information content (AvgIpc) is 3.23. The lowest BCUT2D eigenvalue weighted by Gasteiger charge is -2.21. The average molecular weight is 278 g/mol. The predicted octanol–water partition coefficient (Wildman–Crippen LogP) is 1.19. The Balaban J connectivity index is 1.97. The number of hydrogen-bond acceptors (Lipinski definition) is 3. The number of nitrogens with one attached hydrogen (secondary N) is 1. The van der Waals surface area contributed by atoms with Crippen molar-refractivity contribution < 1.29 is 19.8 Å². The largest absolute Gasteiger partial charge is 0.508 e. The Morgan fingerprint density at radius 2 is 1.95 bits per heavy atom. The van der Waals surface area contributed by atoms with Gasteiger partial charge in [0.15, 0.2) is 0 Å². The fourth-order valence-electron chi connectivity index (χ4n) is 1.95. The molecule has 1 fully saturated rings. The molecule has 1 saturated carbocycles. The number of aliphatic carboxylic acids is 1. The molecule has 20 heavy (non-hydrogen) atoms. The van der Waals surface area contributed by atoms with Gasteiger partial charge in [-0.1, -0.05) is 12.1 Å². The van der Waals surface area contributed by atoms with Crippen LogP contribution >= 0.6 is 0 Å². The van der Waals surface area contributed by atoms with Gasteiger partial charge in [-0.15, -0.1) is 0 Å². The van der Waals surface area contributed by atoms with Crippen molar-refractivity contribution in [2.45, 2.75) is 31.3 Å². The molecule has 2 amide bonds. The van der Waals surface area contributed by atoms with Crippen LogP contribution in [-0.4, -0.2) is 46.2 Å². The number of hydrogen-bond donors (Lipinski definition) is 3. The number of carbonyl (C=O) groups is 2. The first-order valence-corrected chi connectivity index (χ1v) is 6.51. The highest BCUT2D eigenvalue weighted by molar-refractivity contribution is 5.83. The van der Waals surface area contributed by atoms with Crippen molar-refractivity contribution in [1.29, 1.82) is 0 Å². The van der Waals surface area contributed by atoms with E-state index in [0.717, 1.165) is 18.4 Å². The standard InChI is InChI=1S/C14H18N2O4/c1-16(10-4-5-10)14(20)15-12(13(18)19)8-9-2-6-11(17)7-3-9/h2-3,6-7,10,12,17H,4-5,8H2,1H3,(H,15,20)(H,18,19)/t12-/m1/s1. The zero-order valence-corrected chi connectivity index (χ0v) is 11.2. The lowest BCUT2D eigenvalue weighted by atomic mass is 10.1.